The molecule has 0 bridgehead atoms. The van der Waals surface area contributed by atoms with Gasteiger partial charge in [0.2, 0.25) is 0 Å². The number of hydrogen-bond acceptors (Lipinski definition) is 2. The first kappa shape index (κ1) is 9.53. The molecule has 0 spiro atoms. The van der Waals surface area contributed by atoms with Crippen molar-refractivity contribution < 1.29 is 5.11 Å². The normalized spacial score (nSPS) is 20.3. The van der Waals surface area contributed by atoms with Gasteiger partial charge in [-0.3, -0.25) is 0 Å². The fraction of sp³-hybridized carbons (Fsp3) is 0.500. The van der Waals surface area contributed by atoms with Crippen LogP contribution in [0.15, 0.2) is 24.3 Å². The second-order valence-corrected chi connectivity index (χ2v) is 4.17. The first-order valence-electron chi connectivity index (χ1n) is 5.21. The van der Waals surface area contributed by atoms with Crippen molar-refractivity contribution in [1.29, 1.82) is 0 Å². The van der Waals surface area contributed by atoms with Crippen LogP contribution in [-0.4, -0.2) is 23.8 Å². The van der Waals surface area contributed by atoms with Gasteiger partial charge in [-0.25, -0.2) is 0 Å². The molecule has 1 atom stereocenters. The zero-order valence-corrected chi connectivity index (χ0v) is 8.77. The molecule has 1 aromatic carbocycles. The van der Waals surface area contributed by atoms with E-state index in [1.807, 2.05) is 0 Å². The van der Waals surface area contributed by atoms with Crippen LogP contribution in [0, 0.1) is 0 Å². The molecular weight excluding hydrogens is 174 g/mol. The second-order valence-electron chi connectivity index (χ2n) is 4.17. The number of aliphatic hydroxyl groups is 1. The summed E-state index contributed by atoms with van der Waals surface area (Å²) in [4.78, 5) is 2.31. The number of anilines is 1. The lowest BCUT2D eigenvalue weighted by molar-refractivity contribution is 0.259. The summed E-state index contributed by atoms with van der Waals surface area (Å²) in [5.74, 6) is 0. The van der Waals surface area contributed by atoms with Crippen LogP contribution in [0.4, 0.5) is 5.69 Å². The van der Waals surface area contributed by atoms with Crippen molar-refractivity contribution in [2.75, 3.05) is 11.5 Å². The number of hydrogen-bond donors (Lipinski definition) is 1. The van der Waals surface area contributed by atoms with Crippen LogP contribution in [-0.2, 0) is 6.42 Å². The average Bonchev–Trinajstić information content (AvgIpc) is 2.55. The van der Waals surface area contributed by atoms with Crippen molar-refractivity contribution >= 4 is 5.69 Å². The predicted octanol–water partition coefficient (Wildman–Crippen LogP) is 1.82. The van der Waals surface area contributed by atoms with E-state index >= 15 is 0 Å². The molecule has 14 heavy (non-hydrogen) atoms. The molecule has 0 amide bonds. The molecule has 1 aliphatic heterocycles. The third-order valence-electron chi connectivity index (χ3n) is 2.89. The van der Waals surface area contributed by atoms with Crippen molar-refractivity contribution in [3.63, 3.8) is 0 Å². The minimum absolute atomic E-state index is 0.243. The maximum absolute atomic E-state index is 9.32. The maximum atomic E-state index is 9.32. The van der Waals surface area contributed by atoms with E-state index in [-0.39, 0.29) is 12.6 Å². The van der Waals surface area contributed by atoms with E-state index in [2.05, 4.69) is 43.0 Å². The zero-order valence-electron chi connectivity index (χ0n) is 8.77. The van der Waals surface area contributed by atoms with Crippen molar-refractivity contribution in [2.24, 2.45) is 0 Å². The van der Waals surface area contributed by atoms with Gasteiger partial charge >= 0.3 is 0 Å². The minimum atomic E-state index is 0.243. The Morgan fingerprint density at radius 3 is 2.79 bits per heavy atom. The van der Waals surface area contributed by atoms with Crippen LogP contribution in [0.1, 0.15) is 19.4 Å². The summed E-state index contributed by atoms with van der Waals surface area (Å²) < 4.78 is 0. The fourth-order valence-corrected chi connectivity index (χ4v) is 2.34. The molecule has 2 heteroatoms. The third-order valence-corrected chi connectivity index (χ3v) is 2.89. The lowest BCUT2D eigenvalue weighted by Crippen LogP contribution is -2.39. The number of para-hydroxylation sites is 1. The van der Waals surface area contributed by atoms with Gasteiger partial charge in [-0.2, -0.15) is 0 Å². The summed E-state index contributed by atoms with van der Waals surface area (Å²) >= 11 is 0. The summed E-state index contributed by atoms with van der Waals surface area (Å²) in [5, 5.41) is 9.32. The zero-order chi connectivity index (χ0) is 10.1. The molecular formula is C12H17NO. The standard InChI is InChI=1S/C12H17NO/c1-9(2)13-11(8-14)7-10-5-3-4-6-12(10)13/h3-6,9,11,14H,7-8H2,1-2H3. The molecule has 1 N–H and O–H groups in total. The monoisotopic (exact) mass is 191 g/mol. The van der Waals surface area contributed by atoms with E-state index in [9.17, 15) is 5.11 Å². The lowest BCUT2D eigenvalue weighted by Gasteiger charge is -2.30. The summed E-state index contributed by atoms with van der Waals surface area (Å²) in [6.07, 6.45) is 0.977. The molecule has 2 rings (SSSR count). The van der Waals surface area contributed by atoms with Crippen LogP contribution in [0.3, 0.4) is 0 Å². The van der Waals surface area contributed by atoms with Gasteiger partial charge in [0, 0.05) is 11.7 Å². The molecule has 1 unspecified atom stereocenters. The molecule has 0 radical (unpaired) electrons. The molecule has 0 saturated heterocycles. The Morgan fingerprint density at radius 1 is 1.43 bits per heavy atom. The Bertz CT molecular complexity index is 322. The highest BCUT2D eigenvalue weighted by molar-refractivity contribution is 5.60. The molecule has 0 aromatic heterocycles. The van der Waals surface area contributed by atoms with Crippen LogP contribution in [0.2, 0.25) is 0 Å². The van der Waals surface area contributed by atoms with Crippen LogP contribution < -0.4 is 4.90 Å². The number of rotatable bonds is 2. The Hall–Kier alpha value is -1.02. The number of benzene rings is 1. The van der Waals surface area contributed by atoms with Crippen molar-refractivity contribution in [1.82, 2.24) is 0 Å². The molecule has 0 saturated carbocycles. The van der Waals surface area contributed by atoms with E-state index in [1.54, 1.807) is 0 Å². The first-order chi connectivity index (χ1) is 6.74. The van der Waals surface area contributed by atoms with Gasteiger partial charge in [-0.1, -0.05) is 18.2 Å². The maximum Gasteiger partial charge on any atom is 0.0638 e. The van der Waals surface area contributed by atoms with Crippen LogP contribution in [0.5, 0.6) is 0 Å². The van der Waals surface area contributed by atoms with E-state index < -0.39 is 0 Å². The molecule has 1 aliphatic rings. The predicted molar refractivity (Wildman–Crippen MR) is 58.6 cm³/mol. The molecule has 1 aromatic rings. The van der Waals surface area contributed by atoms with Crippen molar-refractivity contribution in [3.05, 3.63) is 29.8 Å². The topological polar surface area (TPSA) is 23.5 Å². The first-order valence-corrected chi connectivity index (χ1v) is 5.21. The highest BCUT2D eigenvalue weighted by Gasteiger charge is 2.29. The Morgan fingerprint density at radius 2 is 2.14 bits per heavy atom. The summed E-state index contributed by atoms with van der Waals surface area (Å²) in [6, 6.07) is 9.15. The number of fused-ring (bicyclic) bond motifs is 1. The van der Waals surface area contributed by atoms with Crippen molar-refractivity contribution in [3.8, 4) is 0 Å². The van der Waals surface area contributed by atoms with Crippen LogP contribution >= 0.6 is 0 Å². The second kappa shape index (κ2) is 3.62. The highest BCUT2D eigenvalue weighted by atomic mass is 16.3. The van der Waals surface area contributed by atoms with Crippen molar-refractivity contribution in [2.45, 2.75) is 32.4 Å². The van der Waals surface area contributed by atoms with Gasteiger partial charge in [-0.15, -0.1) is 0 Å². The third kappa shape index (κ3) is 1.40. The number of nitrogens with zero attached hydrogens (tertiary/aromatic N) is 1. The van der Waals surface area contributed by atoms with Gasteiger partial charge in [0.1, 0.15) is 0 Å². The van der Waals surface area contributed by atoms with E-state index in [1.165, 1.54) is 11.3 Å². The van der Waals surface area contributed by atoms with E-state index in [0.717, 1.165) is 6.42 Å². The highest BCUT2D eigenvalue weighted by Crippen LogP contribution is 2.33. The average molecular weight is 191 g/mol. The molecule has 0 aliphatic carbocycles. The van der Waals surface area contributed by atoms with Gasteiger partial charge in [0.15, 0.2) is 0 Å². The summed E-state index contributed by atoms with van der Waals surface area (Å²) in [5.41, 5.74) is 2.65. The Kier molecular flexibility index (Phi) is 2.46. The lowest BCUT2D eigenvalue weighted by atomic mass is 10.1. The number of aliphatic hydroxyl groups excluding tert-OH is 1. The Balaban J connectivity index is 2.37. The summed E-state index contributed by atoms with van der Waals surface area (Å²) in [7, 11) is 0. The molecule has 2 nitrogen and oxygen atoms in total. The largest absolute Gasteiger partial charge is 0.394 e. The summed E-state index contributed by atoms with van der Waals surface area (Å²) in [6.45, 7) is 4.59. The fourth-order valence-electron chi connectivity index (χ4n) is 2.34. The SMILES string of the molecule is CC(C)N1c2ccccc2CC1CO. The minimum Gasteiger partial charge on any atom is -0.394 e. The molecule has 76 valence electrons. The van der Waals surface area contributed by atoms with Crippen LogP contribution in [0.25, 0.3) is 0 Å². The molecule has 1 heterocycles. The molecule has 0 fully saturated rings. The Labute approximate surface area is 85.2 Å². The van der Waals surface area contributed by atoms with Gasteiger partial charge in [0.25, 0.3) is 0 Å². The van der Waals surface area contributed by atoms with Gasteiger partial charge in [0.05, 0.1) is 12.6 Å². The quantitative estimate of drug-likeness (QED) is 0.770. The van der Waals surface area contributed by atoms with E-state index in [4.69, 9.17) is 0 Å². The smallest absolute Gasteiger partial charge is 0.0638 e. The van der Waals surface area contributed by atoms with E-state index in [0.29, 0.717) is 6.04 Å². The van der Waals surface area contributed by atoms with Gasteiger partial charge in [-0.05, 0) is 31.9 Å². The van der Waals surface area contributed by atoms with Gasteiger partial charge < -0.3 is 10.0 Å².